The number of aliphatic carboxylic acids is 1. The van der Waals surface area contributed by atoms with E-state index in [1.54, 1.807) is 6.92 Å². The zero-order valence-electron chi connectivity index (χ0n) is 13.8. The molecule has 0 radical (unpaired) electrons. The summed E-state index contributed by atoms with van der Waals surface area (Å²) in [5.74, 6) is -2.59. The Hall–Kier alpha value is -2.11. The highest BCUT2D eigenvalue weighted by atomic mass is 16.6. The largest absolute Gasteiger partial charge is 0.481 e. The van der Waals surface area contributed by atoms with E-state index in [-0.39, 0.29) is 17.6 Å². The fourth-order valence-electron chi connectivity index (χ4n) is 2.14. The molecule has 0 aliphatic rings. The molecule has 0 rings (SSSR count). The molecule has 0 aromatic heterocycles. The number of ether oxygens (including phenoxy) is 2. The van der Waals surface area contributed by atoms with Crippen molar-refractivity contribution < 1.29 is 29.0 Å². The van der Waals surface area contributed by atoms with E-state index in [1.807, 2.05) is 0 Å². The number of hydrogen-bond acceptors (Lipinski definition) is 5. The second kappa shape index (κ2) is 7.77. The maximum atomic E-state index is 11.8. The highest BCUT2D eigenvalue weighted by Gasteiger charge is 2.51. The average Bonchev–Trinajstić information content (AvgIpc) is 2.38. The molecule has 2 unspecified atom stereocenters. The van der Waals surface area contributed by atoms with Gasteiger partial charge in [0.1, 0.15) is 17.6 Å². The number of carboxylic acids is 1. The first kappa shape index (κ1) is 19.9. The van der Waals surface area contributed by atoms with E-state index in [0.717, 1.165) is 0 Å². The zero-order valence-corrected chi connectivity index (χ0v) is 13.8. The molecule has 0 aliphatic carbocycles. The molecule has 0 aromatic rings. The van der Waals surface area contributed by atoms with Crippen LogP contribution in [-0.2, 0) is 23.9 Å². The minimum atomic E-state index is -1.56. The summed E-state index contributed by atoms with van der Waals surface area (Å²) in [5, 5.41) is 9.64. The lowest BCUT2D eigenvalue weighted by Crippen LogP contribution is -2.52. The topological polar surface area (TPSA) is 89.9 Å². The van der Waals surface area contributed by atoms with Crippen molar-refractivity contribution in [2.75, 3.05) is 0 Å². The van der Waals surface area contributed by atoms with Crippen molar-refractivity contribution in [3.63, 3.8) is 0 Å². The van der Waals surface area contributed by atoms with Gasteiger partial charge in [0.05, 0.1) is 0 Å². The van der Waals surface area contributed by atoms with Crippen molar-refractivity contribution >= 4 is 17.9 Å². The first-order valence-electron chi connectivity index (χ1n) is 6.97. The number of rotatable bonds is 8. The van der Waals surface area contributed by atoms with Crippen LogP contribution in [0.15, 0.2) is 24.3 Å². The smallest absolute Gasteiger partial charge is 0.333 e. The third-order valence-electron chi connectivity index (χ3n) is 3.70. The fraction of sp³-hybridized carbons (Fsp3) is 0.562. The molecule has 0 heterocycles. The SMILES string of the molecule is C=C(C)C(=O)OC(C)C(CC)(C(=O)O)C(C)OC(=O)C(=C)C. The molecular weight excluding hydrogens is 288 g/mol. The Morgan fingerprint density at radius 1 is 1.00 bits per heavy atom. The third-order valence-corrected chi connectivity index (χ3v) is 3.70. The first-order valence-corrected chi connectivity index (χ1v) is 6.97. The van der Waals surface area contributed by atoms with E-state index in [1.165, 1.54) is 27.7 Å². The van der Waals surface area contributed by atoms with Crippen LogP contribution in [-0.4, -0.2) is 35.2 Å². The Kier molecular flexibility index (Phi) is 7.03. The van der Waals surface area contributed by atoms with Crippen LogP contribution in [0.3, 0.4) is 0 Å². The minimum absolute atomic E-state index is 0.109. The van der Waals surface area contributed by atoms with E-state index in [9.17, 15) is 19.5 Å². The number of carboxylic acid groups (broad SMARTS) is 1. The zero-order chi connectivity index (χ0) is 17.7. The summed E-state index contributed by atoms with van der Waals surface area (Å²) in [4.78, 5) is 35.1. The number of carbonyl (C=O) groups excluding carboxylic acids is 2. The van der Waals surface area contributed by atoms with Crippen LogP contribution >= 0.6 is 0 Å². The number of carbonyl (C=O) groups is 3. The lowest BCUT2D eigenvalue weighted by molar-refractivity contribution is -0.183. The minimum Gasteiger partial charge on any atom is -0.481 e. The monoisotopic (exact) mass is 312 g/mol. The number of hydrogen-bond donors (Lipinski definition) is 1. The fourth-order valence-corrected chi connectivity index (χ4v) is 2.14. The second-order valence-corrected chi connectivity index (χ2v) is 5.35. The van der Waals surface area contributed by atoms with Gasteiger partial charge in [-0.1, -0.05) is 20.1 Å². The summed E-state index contributed by atoms with van der Waals surface area (Å²) in [6.07, 6.45) is -1.91. The van der Waals surface area contributed by atoms with Crippen LogP contribution in [0.1, 0.15) is 41.0 Å². The molecule has 6 nitrogen and oxygen atoms in total. The van der Waals surface area contributed by atoms with Gasteiger partial charge < -0.3 is 14.6 Å². The van der Waals surface area contributed by atoms with E-state index in [0.29, 0.717) is 0 Å². The van der Waals surface area contributed by atoms with Crippen LogP contribution in [0.4, 0.5) is 0 Å². The summed E-state index contributed by atoms with van der Waals surface area (Å²) in [5.41, 5.74) is -1.24. The van der Waals surface area contributed by atoms with E-state index in [2.05, 4.69) is 13.2 Å². The van der Waals surface area contributed by atoms with E-state index in [4.69, 9.17) is 9.47 Å². The molecule has 0 fully saturated rings. The number of esters is 2. The molecule has 0 amide bonds. The molecule has 1 N–H and O–H groups in total. The van der Waals surface area contributed by atoms with Gasteiger partial charge in [-0.25, -0.2) is 9.59 Å². The maximum Gasteiger partial charge on any atom is 0.333 e. The van der Waals surface area contributed by atoms with Crippen LogP contribution in [0.2, 0.25) is 0 Å². The normalized spacial score (nSPS) is 15.9. The van der Waals surface area contributed by atoms with Gasteiger partial charge in [-0.15, -0.1) is 0 Å². The molecule has 0 spiro atoms. The van der Waals surface area contributed by atoms with E-state index >= 15 is 0 Å². The van der Waals surface area contributed by atoms with Gasteiger partial charge in [0.25, 0.3) is 0 Å². The quantitative estimate of drug-likeness (QED) is 0.547. The molecule has 0 bridgehead atoms. The summed E-state index contributed by atoms with van der Waals surface area (Å²) >= 11 is 0. The Morgan fingerprint density at radius 2 is 1.32 bits per heavy atom. The summed E-state index contributed by atoms with van der Waals surface area (Å²) in [6, 6.07) is 0. The van der Waals surface area contributed by atoms with Gasteiger partial charge in [0.2, 0.25) is 0 Å². The molecule has 0 aromatic carbocycles. The Morgan fingerprint density at radius 3 is 1.50 bits per heavy atom. The standard InChI is InChI=1S/C16H24O6/c1-8-16(15(19)20,11(6)21-13(17)9(2)3)12(7)22-14(18)10(4)5/h11-12H,2,4,8H2,1,3,5-7H3,(H,19,20). The van der Waals surface area contributed by atoms with Crippen molar-refractivity contribution in [1.29, 1.82) is 0 Å². The van der Waals surface area contributed by atoms with Crippen LogP contribution in [0.5, 0.6) is 0 Å². The maximum absolute atomic E-state index is 11.8. The van der Waals surface area contributed by atoms with Crippen molar-refractivity contribution in [3.8, 4) is 0 Å². The van der Waals surface area contributed by atoms with Gasteiger partial charge in [0.15, 0.2) is 0 Å². The van der Waals surface area contributed by atoms with Gasteiger partial charge in [-0.3, -0.25) is 4.79 Å². The second-order valence-electron chi connectivity index (χ2n) is 5.35. The Labute approximate surface area is 130 Å². The molecule has 0 saturated carbocycles. The van der Waals surface area contributed by atoms with Gasteiger partial charge in [0, 0.05) is 11.1 Å². The van der Waals surface area contributed by atoms with Crippen molar-refractivity contribution in [1.82, 2.24) is 0 Å². The third kappa shape index (κ3) is 4.19. The molecule has 2 atom stereocenters. The highest BCUT2D eigenvalue weighted by molar-refractivity contribution is 5.88. The van der Waals surface area contributed by atoms with E-state index < -0.39 is 35.5 Å². The lowest BCUT2D eigenvalue weighted by atomic mass is 9.75. The predicted molar refractivity (Wildman–Crippen MR) is 81.1 cm³/mol. The van der Waals surface area contributed by atoms with Crippen molar-refractivity contribution in [3.05, 3.63) is 24.3 Å². The molecule has 0 aliphatic heterocycles. The average molecular weight is 312 g/mol. The molecule has 124 valence electrons. The predicted octanol–water partition coefficient (Wildman–Crippen LogP) is 2.48. The Bertz CT molecular complexity index is 457. The van der Waals surface area contributed by atoms with Crippen LogP contribution < -0.4 is 0 Å². The highest BCUT2D eigenvalue weighted by Crippen LogP contribution is 2.36. The van der Waals surface area contributed by atoms with Crippen molar-refractivity contribution in [2.24, 2.45) is 5.41 Å². The molecule has 6 heteroatoms. The summed E-state index contributed by atoms with van der Waals surface area (Å²) in [6.45, 7) is 14.4. The molecule has 22 heavy (non-hydrogen) atoms. The van der Waals surface area contributed by atoms with Gasteiger partial charge >= 0.3 is 17.9 Å². The lowest BCUT2D eigenvalue weighted by Gasteiger charge is -2.38. The molecule has 0 saturated heterocycles. The van der Waals surface area contributed by atoms with Crippen molar-refractivity contribution in [2.45, 2.75) is 53.2 Å². The van der Waals surface area contributed by atoms with Gasteiger partial charge in [-0.2, -0.15) is 0 Å². The summed E-state index contributed by atoms with van der Waals surface area (Å²) < 4.78 is 10.3. The van der Waals surface area contributed by atoms with Gasteiger partial charge in [-0.05, 0) is 34.1 Å². The Balaban J connectivity index is 5.52. The first-order chi connectivity index (χ1) is 10.00. The molecular formula is C16H24O6. The summed E-state index contributed by atoms with van der Waals surface area (Å²) in [7, 11) is 0. The van der Waals surface area contributed by atoms with Crippen LogP contribution in [0.25, 0.3) is 0 Å². The van der Waals surface area contributed by atoms with Crippen LogP contribution in [0, 0.1) is 5.41 Å².